The van der Waals surface area contributed by atoms with E-state index in [9.17, 15) is 14.4 Å². The van der Waals surface area contributed by atoms with Gasteiger partial charge in [-0.1, -0.05) is 48.0 Å². The standard InChI is InChI=1S/C24H28N2O3/c1-18-8-10-20(11-9-18)22(27)12-13-23(28)25-14-5-15-26(17-16-25)24(29)21-7-4-3-6-19(21)2/h3-4,6-11H,5,12-17H2,1-2H3. The van der Waals surface area contributed by atoms with Crippen molar-refractivity contribution in [3.05, 3.63) is 70.8 Å². The van der Waals surface area contributed by atoms with E-state index in [-0.39, 0.29) is 30.4 Å². The molecule has 5 nitrogen and oxygen atoms in total. The lowest BCUT2D eigenvalue weighted by molar-refractivity contribution is -0.131. The van der Waals surface area contributed by atoms with Crippen LogP contribution in [-0.2, 0) is 4.79 Å². The first-order chi connectivity index (χ1) is 14.0. The number of benzene rings is 2. The number of hydrogen-bond acceptors (Lipinski definition) is 3. The summed E-state index contributed by atoms with van der Waals surface area (Å²) in [5.41, 5.74) is 3.43. The molecule has 0 N–H and O–H groups in total. The molecule has 2 aromatic carbocycles. The monoisotopic (exact) mass is 392 g/mol. The van der Waals surface area contributed by atoms with Gasteiger partial charge in [-0.15, -0.1) is 0 Å². The number of hydrogen-bond donors (Lipinski definition) is 0. The lowest BCUT2D eigenvalue weighted by Crippen LogP contribution is -2.37. The van der Waals surface area contributed by atoms with E-state index in [4.69, 9.17) is 0 Å². The van der Waals surface area contributed by atoms with E-state index in [1.165, 1.54) is 0 Å². The molecule has 1 fully saturated rings. The molecule has 3 rings (SSSR count). The van der Waals surface area contributed by atoms with E-state index in [1.54, 1.807) is 4.90 Å². The summed E-state index contributed by atoms with van der Waals surface area (Å²) in [6.07, 6.45) is 1.16. The Kier molecular flexibility index (Phi) is 6.81. The first kappa shape index (κ1) is 20.8. The van der Waals surface area contributed by atoms with Crippen LogP contribution in [0.15, 0.2) is 48.5 Å². The minimum absolute atomic E-state index is 0.00970. The Hall–Kier alpha value is -2.95. The van der Waals surface area contributed by atoms with Gasteiger partial charge >= 0.3 is 0 Å². The van der Waals surface area contributed by atoms with Crippen molar-refractivity contribution in [1.29, 1.82) is 0 Å². The third kappa shape index (κ3) is 5.31. The zero-order valence-electron chi connectivity index (χ0n) is 17.2. The summed E-state index contributed by atoms with van der Waals surface area (Å²) < 4.78 is 0. The summed E-state index contributed by atoms with van der Waals surface area (Å²) in [6.45, 7) is 6.20. The third-order valence-electron chi connectivity index (χ3n) is 5.45. The van der Waals surface area contributed by atoms with Crippen molar-refractivity contribution in [2.45, 2.75) is 33.1 Å². The zero-order chi connectivity index (χ0) is 20.8. The van der Waals surface area contributed by atoms with Gasteiger partial charge in [-0.3, -0.25) is 14.4 Å². The topological polar surface area (TPSA) is 57.7 Å². The second kappa shape index (κ2) is 9.50. The van der Waals surface area contributed by atoms with Crippen molar-refractivity contribution in [3.63, 3.8) is 0 Å². The molecule has 2 amide bonds. The van der Waals surface area contributed by atoms with Gasteiger partial charge in [0.05, 0.1) is 0 Å². The van der Waals surface area contributed by atoms with E-state index in [0.717, 1.165) is 23.1 Å². The van der Waals surface area contributed by atoms with E-state index in [2.05, 4.69) is 0 Å². The molecule has 5 heteroatoms. The molecule has 0 bridgehead atoms. The highest BCUT2D eigenvalue weighted by Gasteiger charge is 2.23. The van der Waals surface area contributed by atoms with Crippen LogP contribution in [0.2, 0.25) is 0 Å². The summed E-state index contributed by atoms with van der Waals surface area (Å²) >= 11 is 0. The van der Waals surface area contributed by atoms with Gasteiger partial charge in [0.25, 0.3) is 5.91 Å². The molecule has 0 radical (unpaired) electrons. The number of aryl methyl sites for hydroxylation is 2. The molecule has 0 saturated carbocycles. The van der Waals surface area contributed by atoms with Gasteiger partial charge in [0.1, 0.15) is 0 Å². The molecule has 2 aromatic rings. The van der Waals surface area contributed by atoms with E-state index < -0.39 is 0 Å². The van der Waals surface area contributed by atoms with Crippen LogP contribution < -0.4 is 0 Å². The fourth-order valence-corrected chi connectivity index (χ4v) is 3.62. The molecule has 29 heavy (non-hydrogen) atoms. The van der Waals surface area contributed by atoms with Crippen molar-refractivity contribution in [2.24, 2.45) is 0 Å². The van der Waals surface area contributed by atoms with Gasteiger partial charge in [-0.2, -0.15) is 0 Å². The highest BCUT2D eigenvalue weighted by atomic mass is 16.2. The Morgan fingerprint density at radius 3 is 2.17 bits per heavy atom. The van der Waals surface area contributed by atoms with Crippen LogP contribution in [0.25, 0.3) is 0 Å². The predicted molar refractivity (Wildman–Crippen MR) is 113 cm³/mol. The predicted octanol–water partition coefficient (Wildman–Crippen LogP) is 3.64. The van der Waals surface area contributed by atoms with Gasteiger partial charge in [0, 0.05) is 50.1 Å². The van der Waals surface area contributed by atoms with E-state index >= 15 is 0 Å². The van der Waals surface area contributed by atoms with Gasteiger partial charge in [0.2, 0.25) is 5.91 Å². The maximum Gasteiger partial charge on any atom is 0.254 e. The van der Waals surface area contributed by atoms with Crippen LogP contribution in [0.1, 0.15) is 51.1 Å². The Morgan fingerprint density at radius 1 is 0.793 bits per heavy atom. The summed E-state index contributed by atoms with van der Waals surface area (Å²) in [7, 11) is 0. The van der Waals surface area contributed by atoms with E-state index in [0.29, 0.717) is 31.7 Å². The van der Waals surface area contributed by atoms with Gasteiger partial charge in [0.15, 0.2) is 5.78 Å². The highest BCUT2D eigenvalue weighted by molar-refractivity contribution is 5.98. The molecule has 1 aliphatic heterocycles. The van der Waals surface area contributed by atoms with Crippen molar-refractivity contribution in [1.82, 2.24) is 9.80 Å². The number of amides is 2. The smallest absolute Gasteiger partial charge is 0.254 e. The number of nitrogens with zero attached hydrogens (tertiary/aromatic N) is 2. The quantitative estimate of drug-likeness (QED) is 0.730. The highest BCUT2D eigenvalue weighted by Crippen LogP contribution is 2.14. The number of carbonyl (C=O) groups excluding carboxylic acids is 3. The summed E-state index contributed by atoms with van der Waals surface area (Å²) in [4.78, 5) is 41.4. The number of ketones is 1. The van der Waals surface area contributed by atoms with Crippen molar-refractivity contribution in [2.75, 3.05) is 26.2 Å². The molecule has 0 spiro atoms. The van der Waals surface area contributed by atoms with Crippen molar-refractivity contribution >= 4 is 17.6 Å². The largest absolute Gasteiger partial charge is 0.341 e. The maximum absolute atomic E-state index is 12.8. The van der Waals surface area contributed by atoms with Crippen LogP contribution >= 0.6 is 0 Å². The summed E-state index contributed by atoms with van der Waals surface area (Å²) in [5, 5.41) is 0. The molecule has 0 aliphatic carbocycles. The molecule has 1 saturated heterocycles. The Bertz CT molecular complexity index is 889. The molecular formula is C24H28N2O3. The number of carbonyl (C=O) groups is 3. The van der Waals surface area contributed by atoms with Crippen molar-refractivity contribution in [3.8, 4) is 0 Å². The summed E-state index contributed by atoms with van der Waals surface area (Å²) in [6, 6.07) is 15.0. The second-order valence-corrected chi connectivity index (χ2v) is 7.63. The molecule has 152 valence electrons. The average Bonchev–Trinajstić information content (AvgIpc) is 2.98. The molecule has 1 aliphatic rings. The van der Waals surface area contributed by atoms with Crippen LogP contribution in [0.3, 0.4) is 0 Å². The Balaban J connectivity index is 1.53. The van der Waals surface area contributed by atoms with Crippen LogP contribution in [0.4, 0.5) is 0 Å². The number of Topliss-reactive ketones (excluding diaryl/α,β-unsaturated/α-hetero) is 1. The first-order valence-electron chi connectivity index (χ1n) is 10.2. The van der Waals surface area contributed by atoms with Crippen LogP contribution in [0, 0.1) is 13.8 Å². The maximum atomic E-state index is 12.8. The zero-order valence-corrected chi connectivity index (χ0v) is 17.2. The van der Waals surface area contributed by atoms with Gasteiger partial charge in [-0.05, 0) is 31.9 Å². The fraction of sp³-hybridized carbons (Fsp3) is 0.375. The molecule has 0 atom stereocenters. The van der Waals surface area contributed by atoms with Gasteiger partial charge in [-0.25, -0.2) is 0 Å². The van der Waals surface area contributed by atoms with Crippen LogP contribution in [0.5, 0.6) is 0 Å². The normalized spacial score (nSPS) is 14.4. The molecular weight excluding hydrogens is 364 g/mol. The minimum Gasteiger partial charge on any atom is -0.341 e. The number of rotatable bonds is 5. The van der Waals surface area contributed by atoms with Crippen LogP contribution in [-0.4, -0.2) is 53.6 Å². The first-order valence-corrected chi connectivity index (χ1v) is 10.2. The Labute approximate surface area is 172 Å². The molecule has 0 unspecified atom stereocenters. The minimum atomic E-state index is -0.0179. The second-order valence-electron chi connectivity index (χ2n) is 7.63. The van der Waals surface area contributed by atoms with E-state index in [1.807, 2.05) is 67.3 Å². The fourth-order valence-electron chi connectivity index (χ4n) is 3.62. The molecule has 0 aromatic heterocycles. The summed E-state index contributed by atoms with van der Waals surface area (Å²) in [5.74, 6) is -0.00729. The SMILES string of the molecule is Cc1ccc(C(=O)CCC(=O)N2CCCN(C(=O)c3ccccc3C)CC2)cc1. The Morgan fingerprint density at radius 2 is 1.45 bits per heavy atom. The lowest BCUT2D eigenvalue weighted by atomic mass is 10.0. The average molecular weight is 392 g/mol. The third-order valence-corrected chi connectivity index (χ3v) is 5.45. The lowest BCUT2D eigenvalue weighted by Gasteiger charge is -2.23. The van der Waals surface area contributed by atoms with Crippen molar-refractivity contribution < 1.29 is 14.4 Å². The molecule has 1 heterocycles. The van der Waals surface area contributed by atoms with Gasteiger partial charge < -0.3 is 9.80 Å².